The number of benzene rings is 1. The molecule has 1 aromatic carbocycles. The number of thioether (sulfide) groups is 1. The van der Waals surface area contributed by atoms with Crippen molar-refractivity contribution in [3.05, 3.63) is 28.2 Å². The molecule has 0 saturated heterocycles. The Morgan fingerprint density at radius 1 is 1.38 bits per heavy atom. The number of carbonyl (C=O) groups is 1. The number of nitrogens with one attached hydrogen (secondary N) is 1. The number of halogens is 2. The van der Waals surface area contributed by atoms with Crippen molar-refractivity contribution >= 4 is 40.9 Å². The molecule has 0 heterocycles. The van der Waals surface area contributed by atoms with Gasteiger partial charge in [-0.1, -0.05) is 23.2 Å². The van der Waals surface area contributed by atoms with Gasteiger partial charge in [0, 0.05) is 16.7 Å². The van der Waals surface area contributed by atoms with Crippen molar-refractivity contribution < 1.29 is 9.53 Å². The fourth-order valence-corrected chi connectivity index (χ4v) is 3.51. The Bertz CT molecular complexity index is 497. The first-order valence-electron chi connectivity index (χ1n) is 6.72. The third kappa shape index (κ3) is 5.70. The summed E-state index contributed by atoms with van der Waals surface area (Å²) >= 11 is 13.5. The lowest BCUT2D eigenvalue weighted by Crippen LogP contribution is -2.53. The zero-order chi connectivity index (χ0) is 16.0. The first kappa shape index (κ1) is 18.6. The smallest absolute Gasteiger partial charge is 0.325 e. The first-order valence-corrected chi connectivity index (χ1v) is 8.46. The van der Waals surface area contributed by atoms with Gasteiger partial charge >= 0.3 is 5.97 Å². The molecule has 0 spiro atoms. The number of carbonyl (C=O) groups excluding carboxylic acids is 1. The molecule has 0 fully saturated rings. The van der Waals surface area contributed by atoms with E-state index in [0.717, 1.165) is 10.6 Å². The van der Waals surface area contributed by atoms with Crippen LogP contribution in [-0.4, -0.2) is 30.4 Å². The molecule has 6 heteroatoms. The molecule has 0 aliphatic carbocycles. The molecule has 1 rings (SSSR count). The van der Waals surface area contributed by atoms with E-state index in [0.29, 0.717) is 16.5 Å². The predicted molar refractivity (Wildman–Crippen MR) is 90.5 cm³/mol. The maximum absolute atomic E-state index is 12.0. The zero-order valence-electron chi connectivity index (χ0n) is 12.7. The number of hydrogen-bond donors (Lipinski definition) is 1. The molecule has 21 heavy (non-hydrogen) atoms. The molecule has 0 aliphatic heterocycles. The maximum Gasteiger partial charge on any atom is 0.325 e. The molecule has 118 valence electrons. The Labute approximate surface area is 140 Å². The molecule has 1 unspecified atom stereocenters. The molecule has 0 radical (unpaired) electrons. The van der Waals surface area contributed by atoms with Crippen molar-refractivity contribution in [1.82, 2.24) is 5.32 Å². The van der Waals surface area contributed by atoms with Crippen LogP contribution in [0.2, 0.25) is 10.0 Å². The van der Waals surface area contributed by atoms with Gasteiger partial charge in [-0.15, -0.1) is 11.8 Å². The van der Waals surface area contributed by atoms with Crippen LogP contribution in [0.3, 0.4) is 0 Å². The van der Waals surface area contributed by atoms with Crippen LogP contribution in [0.15, 0.2) is 23.1 Å². The van der Waals surface area contributed by atoms with Crippen LogP contribution in [0.5, 0.6) is 0 Å². The van der Waals surface area contributed by atoms with Gasteiger partial charge in [0.2, 0.25) is 0 Å². The normalized spacial score (nSPS) is 14.0. The SMILES string of the molecule is COC(=O)C(C)(CCSc1ccc(Cl)c(Cl)c1)NC(C)C. The fraction of sp³-hybridized carbons (Fsp3) is 0.533. The highest BCUT2D eigenvalue weighted by atomic mass is 35.5. The van der Waals surface area contributed by atoms with E-state index in [2.05, 4.69) is 5.32 Å². The van der Waals surface area contributed by atoms with Gasteiger partial charge in [0.15, 0.2) is 0 Å². The lowest BCUT2D eigenvalue weighted by atomic mass is 9.98. The second kappa shape index (κ2) is 8.28. The molecule has 1 N–H and O–H groups in total. The van der Waals surface area contributed by atoms with Crippen molar-refractivity contribution in [3.8, 4) is 0 Å². The summed E-state index contributed by atoms with van der Waals surface area (Å²) in [5.74, 6) is 0.523. The molecule has 3 nitrogen and oxygen atoms in total. The molecule has 1 aromatic rings. The van der Waals surface area contributed by atoms with Crippen LogP contribution in [-0.2, 0) is 9.53 Å². The second-order valence-corrected chi connectivity index (χ2v) is 7.28. The summed E-state index contributed by atoms with van der Waals surface area (Å²) in [5.41, 5.74) is -0.688. The first-order chi connectivity index (χ1) is 9.78. The Kier molecular flexibility index (Phi) is 7.34. The summed E-state index contributed by atoms with van der Waals surface area (Å²) in [5, 5.41) is 4.36. The van der Waals surface area contributed by atoms with Crippen molar-refractivity contribution in [2.24, 2.45) is 0 Å². The highest BCUT2D eigenvalue weighted by Gasteiger charge is 2.34. The molecule has 0 aromatic heterocycles. The van der Waals surface area contributed by atoms with E-state index in [-0.39, 0.29) is 12.0 Å². The van der Waals surface area contributed by atoms with Gasteiger partial charge in [-0.3, -0.25) is 10.1 Å². The van der Waals surface area contributed by atoms with Crippen molar-refractivity contribution in [2.45, 2.75) is 43.7 Å². The average Bonchev–Trinajstić information content (AvgIpc) is 2.41. The maximum atomic E-state index is 12.0. The molecular formula is C15H21Cl2NO2S. The number of hydrogen-bond acceptors (Lipinski definition) is 4. The average molecular weight is 350 g/mol. The molecular weight excluding hydrogens is 329 g/mol. The number of rotatable bonds is 7. The minimum Gasteiger partial charge on any atom is -0.468 e. The summed E-state index contributed by atoms with van der Waals surface area (Å²) in [6, 6.07) is 5.73. The Balaban J connectivity index is 2.64. The molecule has 0 aliphatic rings. The van der Waals surface area contributed by atoms with Crippen LogP contribution >= 0.6 is 35.0 Å². The van der Waals surface area contributed by atoms with Crippen LogP contribution in [0.4, 0.5) is 0 Å². The van der Waals surface area contributed by atoms with Gasteiger partial charge in [-0.25, -0.2) is 0 Å². The topological polar surface area (TPSA) is 38.3 Å². The van der Waals surface area contributed by atoms with E-state index >= 15 is 0 Å². The van der Waals surface area contributed by atoms with E-state index in [1.165, 1.54) is 7.11 Å². The van der Waals surface area contributed by atoms with Crippen molar-refractivity contribution in [1.29, 1.82) is 0 Å². The van der Waals surface area contributed by atoms with Gasteiger partial charge in [0.05, 0.1) is 17.2 Å². The largest absolute Gasteiger partial charge is 0.468 e. The lowest BCUT2D eigenvalue weighted by Gasteiger charge is -2.30. The van der Waals surface area contributed by atoms with Gasteiger partial charge < -0.3 is 4.74 Å². The molecule has 1 atom stereocenters. The minimum atomic E-state index is -0.688. The molecule has 0 amide bonds. The number of ether oxygens (including phenoxy) is 1. The molecule has 0 saturated carbocycles. The molecule has 0 bridgehead atoms. The van der Waals surface area contributed by atoms with E-state index in [9.17, 15) is 4.79 Å². The highest BCUT2D eigenvalue weighted by molar-refractivity contribution is 7.99. The third-order valence-electron chi connectivity index (χ3n) is 3.01. The van der Waals surface area contributed by atoms with Gasteiger partial charge in [-0.05, 0) is 45.4 Å². The predicted octanol–water partition coefficient (Wildman–Crippen LogP) is 4.41. The minimum absolute atomic E-state index is 0.198. The van der Waals surface area contributed by atoms with E-state index in [1.54, 1.807) is 17.8 Å². The summed E-state index contributed by atoms with van der Waals surface area (Å²) in [6.07, 6.45) is 0.656. The number of methoxy groups -OCH3 is 1. The third-order valence-corrected chi connectivity index (χ3v) is 4.74. The van der Waals surface area contributed by atoms with E-state index in [1.807, 2.05) is 32.9 Å². The van der Waals surface area contributed by atoms with Crippen LogP contribution in [0.25, 0.3) is 0 Å². The fourth-order valence-electron chi connectivity index (χ4n) is 2.04. The second-order valence-electron chi connectivity index (χ2n) is 5.30. The zero-order valence-corrected chi connectivity index (χ0v) is 15.0. The van der Waals surface area contributed by atoms with Crippen molar-refractivity contribution in [2.75, 3.05) is 12.9 Å². The van der Waals surface area contributed by atoms with Crippen LogP contribution in [0.1, 0.15) is 27.2 Å². The summed E-state index contributed by atoms with van der Waals surface area (Å²) in [7, 11) is 1.41. The van der Waals surface area contributed by atoms with Crippen molar-refractivity contribution in [3.63, 3.8) is 0 Å². The quantitative estimate of drug-likeness (QED) is 0.584. The Hall–Kier alpha value is -0.420. The Morgan fingerprint density at radius 3 is 2.57 bits per heavy atom. The van der Waals surface area contributed by atoms with E-state index in [4.69, 9.17) is 27.9 Å². The summed E-state index contributed by atoms with van der Waals surface area (Å²) in [6.45, 7) is 5.88. The highest BCUT2D eigenvalue weighted by Crippen LogP contribution is 2.29. The lowest BCUT2D eigenvalue weighted by molar-refractivity contribution is -0.148. The van der Waals surface area contributed by atoms with Gasteiger partial charge in [-0.2, -0.15) is 0 Å². The van der Waals surface area contributed by atoms with Gasteiger partial charge in [0.25, 0.3) is 0 Å². The number of esters is 1. The standard InChI is InChI=1S/C15H21Cl2NO2S/c1-10(2)18-15(3,14(19)20-4)7-8-21-11-5-6-12(16)13(17)9-11/h5-6,9-10,18H,7-8H2,1-4H3. The van der Waals surface area contributed by atoms with Crippen LogP contribution in [0, 0.1) is 0 Å². The monoisotopic (exact) mass is 349 g/mol. The van der Waals surface area contributed by atoms with Gasteiger partial charge in [0.1, 0.15) is 5.54 Å². The summed E-state index contributed by atoms with van der Waals surface area (Å²) < 4.78 is 4.90. The van der Waals surface area contributed by atoms with Crippen LogP contribution < -0.4 is 5.32 Å². The van der Waals surface area contributed by atoms with E-state index < -0.39 is 5.54 Å². The Morgan fingerprint density at radius 2 is 2.05 bits per heavy atom. The summed E-state index contributed by atoms with van der Waals surface area (Å²) in [4.78, 5) is 13.0.